The molecular weight excluding hydrogens is 267 g/mol. The first-order valence-electron chi connectivity index (χ1n) is 3.33. The molecule has 5 heteroatoms. The van der Waals surface area contributed by atoms with Crippen molar-refractivity contribution < 1.29 is 13.6 Å². The Labute approximate surface area is 77.1 Å². The molecule has 0 unspecified atom stereocenters. The molecule has 0 aromatic rings. The third kappa shape index (κ3) is 2.53. The van der Waals surface area contributed by atoms with E-state index in [1.54, 1.807) is 22.6 Å². The highest BCUT2D eigenvalue weighted by Gasteiger charge is 2.34. The molecular formula is C6H8F2INO. The number of likely N-dealkylation sites (tertiary alicyclic amines) is 1. The molecule has 1 fully saturated rings. The van der Waals surface area contributed by atoms with E-state index in [0.717, 1.165) is 0 Å². The van der Waals surface area contributed by atoms with Gasteiger partial charge in [0.1, 0.15) is 0 Å². The maximum atomic E-state index is 12.5. The molecule has 0 atom stereocenters. The Morgan fingerprint density at radius 3 is 2.18 bits per heavy atom. The van der Waals surface area contributed by atoms with Gasteiger partial charge in [-0.1, -0.05) is 0 Å². The van der Waals surface area contributed by atoms with E-state index < -0.39 is 5.92 Å². The summed E-state index contributed by atoms with van der Waals surface area (Å²) in [5.74, 6) is -2.55. The largest absolute Gasteiger partial charge is 0.334 e. The number of halogens is 3. The first kappa shape index (κ1) is 9.15. The van der Waals surface area contributed by atoms with E-state index in [1.807, 2.05) is 0 Å². The van der Waals surface area contributed by atoms with Crippen molar-refractivity contribution in [2.75, 3.05) is 13.1 Å². The Hall–Kier alpha value is 0.0600. The zero-order valence-corrected chi connectivity index (χ0v) is 7.98. The minimum atomic E-state index is -2.55. The lowest BCUT2D eigenvalue weighted by Crippen LogP contribution is -2.40. The molecule has 1 saturated heterocycles. The van der Waals surface area contributed by atoms with Crippen LogP contribution in [0.25, 0.3) is 0 Å². The maximum absolute atomic E-state index is 12.5. The summed E-state index contributed by atoms with van der Waals surface area (Å²) in [6.45, 7) is 0.379. The Balaban J connectivity index is 2.42. The number of alkyl halides is 2. The highest BCUT2D eigenvalue weighted by molar-refractivity contribution is 14.1. The summed E-state index contributed by atoms with van der Waals surface area (Å²) in [6, 6.07) is 0. The summed E-state index contributed by atoms with van der Waals surface area (Å²) in [6.07, 6.45) is -0.385. The topological polar surface area (TPSA) is 20.3 Å². The molecule has 2 nitrogen and oxygen atoms in total. The van der Waals surface area contributed by atoms with Crippen LogP contribution in [0.5, 0.6) is 0 Å². The van der Waals surface area contributed by atoms with Crippen LogP contribution in [0, 0.1) is 0 Å². The van der Waals surface area contributed by atoms with Gasteiger partial charge in [0.25, 0.3) is 9.84 Å². The van der Waals surface area contributed by atoms with Gasteiger partial charge in [-0.25, -0.2) is 8.78 Å². The molecule has 64 valence electrons. The second kappa shape index (κ2) is 3.20. The summed E-state index contributed by atoms with van der Waals surface area (Å²) in [5.41, 5.74) is 0. The third-order valence-corrected chi connectivity index (χ3v) is 2.43. The summed E-state index contributed by atoms with van der Waals surface area (Å²) in [7, 11) is 0. The highest BCUT2D eigenvalue weighted by atomic mass is 127. The molecule has 0 bridgehead atoms. The van der Waals surface area contributed by atoms with Crippen molar-refractivity contribution in [2.24, 2.45) is 0 Å². The lowest BCUT2D eigenvalue weighted by Gasteiger charge is -2.30. The standard InChI is InChI=1S/C6H8F2INO/c7-6(8)1-3-10(4-2-6)5(9)11/h1-4H2. The zero-order valence-electron chi connectivity index (χ0n) is 5.82. The first-order valence-corrected chi connectivity index (χ1v) is 4.41. The van der Waals surface area contributed by atoms with Gasteiger partial charge < -0.3 is 4.90 Å². The predicted molar refractivity (Wildman–Crippen MR) is 45.2 cm³/mol. The number of amides is 1. The molecule has 0 aromatic carbocycles. The van der Waals surface area contributed by atoms with Crippen molar-refractivity contribution in [1.82, 2.24) is 4.90 Å². The second-order valence-electron chi connectivity index (χ2n) is 2.60. The number of hydrogen-bond donors (Lipinski definition) is 0. The number of carbonyl (C=O) groups is 1. The van der Waals surface area contributed by atoms with Crippen molar-refractivity contribution in [2.45, 2.75) is 18.8 Å². The molecule has 0 aliphatic carbocycles. The summed E-state index contributed by atoms with van der Waals surface area (Å²) >= 11 is 1.62. The highest BCUT2D eigenvalue weighted by Crippen LogP contribution is 2.28. The van der Waals surface area contributed by atoms with Crippen LogP contribution in [0.2, 0.25) is 0 Å². The predicted octanol–water partition coefficient (Wildman–Crippen LogP) is 2.27. The molecule has 0 N–H and O–H groups in total. The number of hydrogen-bond acceptors (Lipinski definition) is 1. The van der Waals surface area contributed by atoms with Crippen LogP contribution < -0.4 is 0 Å². The van der Waals surface area contributed by atoms with Gasteiger partial charge in [0, 0.05) is 48.5 Å². The van der Waals surface area contributed by atoms with Crippen LogP contribution in [0.1, 0.15) is 12.8 Å². The van der Waals surface area contributed by atoms with Crippen molar-refractivity contribution in [3.05, 3.63) is 0 Å². The van der Waals surface area contributed by atoms with Crippen LogP contribution in [0.4, 0.5) is 13.6 Å². The first-order chi connectivity index (χ1) is 5.01. The monoisotopic (exact) mass is 275 g/mol. The van der Waals surface area contributed by atoms with Gasteiger partial charge in [-0.15, -0.1) is 0 Å². The fourth-order valence-corrected chi connectivity index (χ4v) is 1.49. The van der Waals surface area contributed by atoms with E-state index in [9.17, 15) is 13.6 Å². The number of nitrogens with zero attached hydrogens (tertiary/aromatic N) is 1. The molecule has 1 aliphatic rings. The molecule has 1 amide bonds. The molecule has 0 aromatic heterocycles. The quantitative estimate of drug-likeness (QED) is 0.377. The van der Waals surface area contributed by atoms with Crippen LogP contribution in [-0.2, 0) is 0 Å². The lowest BCUT2D eigenvalue weighted by atomic mass is 10.1. The Bertz CT molecular complexity index is 164. The molecule has 1 heterocycles. The molecule has 1 aliphatic heterocycles. The Kier molecular flexibility index (Phi) is 2.66. The maximum Gasteiger partial charge on any atom is 0.283 e. The smallest absolute Gasteiger partial charge is 0.283 e. The average molecular weight is 275 g/mol. The minimum absolute atomic E-state index is 0.141. The number of piperidine rings is 1. The van der Waals surface area contributed by atoms with Crippen molar-refractivity contribution in [3.8, 4) is 0 Å². The van der Waals surface area contributed by atoms with Gasteiger partial charge >= 0.3 is 0 Å². The van der Waals surface area contributed by atoms with E-state index in [0.29, 0.717) is 0 Å². The molecule has 1 rings (SSSR count). The number of rotatable bonds is 0. The fraction of sp³-hybridized carbons (Fsp3) is 0.833. The van der Waals surface area contributed by atoms with Gasteiger partial charge in [-0.05, 0) is 0 Å². The van der Waals surface area contributed by atoms with E-state index in [4.69, 9.17) is 0 Å². The van der Waals surface area contributed by atoms with Crippen molar-refractivity contribution in [1.29, 1.82) is 0 Å². The number of carbonyl (C=O) groups excluding carboxylic acids is 1. The van der Waals surface area contributed by atoms with E-state index >= 15 is 0 Å². The van der Waals surface area contributed by atoms with Crippen LogP contribution in [0.15, 0.2) is 0 Å². The summed E-state index contributed by atoms with van der Waals surface area (Å²) in [5, 5.41) is 0. The fourth-order valence-electron chi connectivity index (χ4n) is 1.01. The molecule has 0 radical (unpaired) electrons. The second-order valence-corrected chi connectivity index (χ2v) is 3.52. The van der Waals surface area contributed by atoms with Gasteiger partial charge in [0.05, 0.1) is 0 Å². The SMILES string of the molecule is O=C(I)N1CCC(F)(F)CC1. The van der Waals surface area contributed by atoms with Gasteiger partial charge in [-0.2, -0.15) is 0 Å². The average Bonchev–Trinajstić information content (AvgIpc) is 1.86. The van der Waals surface area contributed by atoms with Crippen molar-refractivity contribution >= 4 is 26.5 Å². The summed E-state index contributed by atoms with van der Waals surface area (Å²) < 4.78 is 24.9. The van der Waals surface area contributed by atoms with Crippen molar-refractivity contribution in [3.63, 3.8) is 0 Å². The zero-order chi connectivity index (χ0) is 8.48. The van der Waals surface area contributed by atoms with Crippen LogP contribution in [-0.4, -0.2) is 27.8 Å². The van der Waals surface area contributed by atoms with Crippen LogP contribution in [0.3, 0.4) is 0 Å². The van der Waals surface area contributed by atoms with E-state index in [-0.39, 0.29) is 29.8 Å². The van der Waals surface area contributed by atoms with Gasteiger partial charge in [0.2, 0.25) is 0 Å². The summed E-state index contributed by atoms with van der Waals surface area (Å²) in [4.78, 5) is 12.1. The molecule has 11 heavy (non-hydrogen) atoms. The van der Waals surface area contributed by atoms with Gasteiger partial charge in [-0.3, -0.25) is 4.79 Å². The molecule has 0 saturated carbocycles. The minimum Gasteiger partial charge on any atom is -0.334 e. The third-order valence-electron chi connectivity index (χ3n) is 1.74. The normalized spacial score (nSPS) is 23.4. The van der Waals surface area contributed by atoms with E-state index in [1.165, 1.54) is 4.90 Å². The van der Waals surface area contributed by atoms with E-state index in [2.05, 4.69) is 0 Å². The lowest BCUT2D eigenvalue weighted by molar-refractivity contribution is -0.0450. The van der Waals surface area contributed by atoms with Gasteiger partial charge in [0.15, 0.2) is 0 Å². The Morgan fingerprint density at radius 2 is 1.82 bits per heavy atom. The van der Waals surface area contributed by atoms with Crippen LogP contribution >= 0.6 is 22.6 Å². The Morgan fingerprint density at radius 1 is 1.36 bits per heavy atom. The molecule has 0 spiro atoms.